The molecule has 1 aromatic rings. The van der Waals surface area contributed by atoms with Crippen molar-refractivity contribution in [3.8, 4) is 0 Å². The van der Waals surface area contributed by atoms with E-state index >= 15 is 0 Å². The third-order valence-corrected chi connectivity index (χ3v) is 3.58. The first kappa shape index (κ1) is 15.2. The van der Waals surface area contributed by atoms with E-state index in [9.17, 15) is 5.11 Å². The molecule has 6 heteroatoms. The summed E-state index contributed by atoms with van der Waals surface area (Å²) < 4.78 is 0. The summed E-state index contributed by atoms with van der Waals surface area (Å²) in [6.07, 6.45) is 6.63. The van der Waals surface area contributed by atoms with Crippen molar-refractivity contribution in [3.63, 3.8) is 0 Å². The number of piperidine rings is 1. The van der Waals surface area contributed by atoms with E-state index in [1.165, 1.54) is 19.3 Å². The number of aliphatic hydroxyl groups is 1. The highest BCUT2D eigenvalue weighted by Crippen LogP contribution is 2.10. The first-order valence-electron chi connectivity index (χ1n) is 6.96. The minimum atomic E-state index is -0.928. The fourth-order valence-electron chi connectivity index (χ4n) is 2.17. The molecule has 1 aliphatic rings. The van der Waals surface area contributed by atoms with E-state index in [0.717, 1.165) is 19.6 Å². The standard InChI is InChI=1S/C14H20ClN3O2/c15-14(12-5-4-7-16-11-12)17-20-13(19)6-10-18-8-2-1-3-9-18/h4-5,7,11,13,19H,1-3,6,8-10H2. The number of rotatable bonds is 6. The predicted molar refractivity (Wildman–Crippen MR) is 78.6 cm³/mol. The van der Waals surface area contributed by atoms with Crippen molar-refractivity contribution in [1.82, 2.24) is 9.88 Å². The van der Waals surface area contributed by atoms with Crippen molar-refractivity contribution in [2.75, 3.05) is 19.6 Å². The number of aliphatic hydroxyl groups excluding tert-OH is 1. The molecule has 0 aromatic carbocycles. The number of hydrogen-bond donors (Lipinski definition) is 1. The number of halogens is 1. The second-order valence-electron chi connectivity index (χ2n) is 4.87. The maximum absolute atomic E-state index is 9.75. The van der Waals surface area contributed by atoms with Gasteiger partial charge < -0.3 is 14.8 Å². The van der Waals surface area contributed by atoms with Crippen LogP contribution in [0, 0.1) is 0 Å². The summed E-state index contributed by atoms with van der Waals surface area (Å²) in [7, 11) is 0. The molecule has 0 radical (unpaired) electrons. The van der Waals surface area contributed by atoms with Crippen LogP contribution in [0.15, 0.2) is 29.7 Å². The first-order chi connectivity index (χ1) is 9.75. The molecule has 1 saturated heterocycles. The van der Waals surface area contributed by atoms with Gasteiger partial charge in [0.25, 0.3) is 0 Å². The molecule has 1 fully saturated rings. The molecule has 1 N–H and O–H groups in total. The van der Waals surface area contributed by atoms with Gasteiger partial charge in [-0.15, -0.1) is 0 Å². The molecule has 0 bridgehead atoms. The molecule has 1 atom stereocenters. The van der Waals surface area contributed by atoms with Crippen molar-refractivity contribution >= 4 is 16.8 Å². The van der Waals surface area contributed by atoms with Gasteiger partial charge in [0.05, 0.1) is 0 Å². The SMILES string of the molecule is OC(CCN1CCCCC1)ON=C(Cl)c1cccnc1. The van der Waals surface area contributed by atoms with Gasteiger partial charge in [0, 0.05) is 30.9 Å². The Bertz CT molecular complexity index is 422. The number of pyridine rings is 1. The van der Waals surface area contributed by atoms with E-state index in [0.29, 0.717) is 12.0 Å². The van der Waals surface area contributed by atoms with Gasteiger partial charge in [0.15, 0.2) is 5.17 Å². The van der Waals surface area contributed by atoms with Crippen LogP contribution in [0.4, 0.5) is 0 Å². The van der Waals surface area contributed by atoms with Crippen molar-refractivity contribution in [1.29, 1.82) is 0 Å². The summed E-state index contributed by atoms with van der Waals surface area (Å²) in [6.45, 7) is 3.03. The zero-order valence-corrected chi connectivity index (χ0v) is 12.2. The Morgan fingerprint density at radius 2 is 2.25 bits per heavy atom. The fraction of sp³-hybridized carbons (Fsp3) is 0.571. The van der Waals surface area contributed by atoms with E-state index in [2.05, 4.69) is 15.0 Å². The molecule has 1 aromatic heterocycles. The monoisotopic (exact) mass is 297 g/mol. The normalized spacial score (nSPS) is 18.8. The lowest BCUT2D eigenvalue weighted by Crippen LogP contribution is -2.32. The molecule has 0 aliphatic carbocycles. The van der Waals surface area contributed by atoms with E-state index in [-0.39, 0.29) is 5.17 Å². The summed E-state index contributed by atoms with van der Waals surface area (Å²) >= 11 is 5.96. The summed E-state index contributed by atoms with van der Waals surface area (Å²) in [5.74, 6) is 0. The minimum absolute atomic E-state index is 0.190. The molecule has 0 saturated carbocycles. The fourth-order valence-corrected chi connectivity index (χ4v) is 2.32. The summed E-state index contributed by atoms with van der Waals surface area (Å²) in [5, 5.41) is 13.7. The second kappa shape index (κ2) is 8.19. The highest BCUT2D eigenvalue weighted by atomic mass is 35.5. The lowest BCUT2D eigenvalue weighted by molar-refractivity contribution is -0.105. The average Bonchev–Trinajstić information content (AvgIpc) is 2.52. The number of hydrogen-bond acceptors (Lipinski definition) is 5. The van der Waals surface area contributed by atoms with Crippen molar-refractivity contribution < 1.29 is 9.94 Å². The van der Waals surface area contributed by atoms with Crippen molar-refractivity contribution in [2.24, 2.45) is 5.16 Å². The van der Waals surface area contributed by atoms with Gasteiger partial charge in [-0.3, -0.25) is 4.98 Å². The quantitative estimate of drug-likeness (QED) is 0.497. The maximum atomic E-state index is 9.75. The molecule has 0 spiro atoms. The zero-order chi connectivity index (χ0) is 14.2. The number of nitrogens with zero attached hydrogens (tertiary/aromatic N) is 3. The topological polar surface area (TPSA) is 58.0 Å². The van der Waals surface area contributed by atoms with Crippen LogP contribution in [-0.2, 0) is 4.84 Å². The molecule has 2 heterocycles. The van der Waals surface area contributed by atoms with Gasteiger partial charge in [-0.2, -0.15) is 0 Å². The van der Waals surface area contributed by atoms with Crippen molar-refractivity contribution in [3.05, 3.63) is 30.1 Å². The summed E-state index contributed by atoms with van der Waals surface area (Å²) in [6, 6.07) is 3.54. The van der Waals surface area contributed by atoms with E-state index in [1.807, 2.05) is 0 Å². The van der Waals surface area contributed by atoms with E-state index in [4.69, 9.17) is 16.4 Å². The second-order valence-corrected chi connectivity index (χ2v) is 5.23. The Labute approximate surface area is 124 Å². The Kier molecular flexibility index (Phi) is 6.24. The Morgan fingerprint density at radius 1 is 1.45 bits per heavy atom. The predicted octanol–water partition coefficient (Wildman–Crippen LogP) is 2.19. The average molecular weight is 298 g/mol. The first-order valence-corrected chi connectivity index (χ1v) is 7.33. The molecule has 5 nitrogen and oxygen atoms in total. The van der Waals surface area contributed by atoms with Gasteiger partial charge in [0.2, 0.25) is 6.29 Å². The lowest BCUT2D eigenvalue weighted by atomic mass is 10.1. The molecular weight excluding hydrogens is 278 g/mol. The Balaban J connectivity index is 1.72. The Hall–Kier alpha value is -1.17. The number of aromatic nitrogens is 1. The molecule has 1 unspecified atom stereocenters. The molecular formula is C14H20ClN3O2. The minimum Gasteiger partial charge on any atom is -0.362 e. The van der Waals surface area contributed by atoms with Crippen LogP contribution in [0.25, 0.3) is 0 Å². The van der Waals surface area contributed by atoms with Crippen molar-refractivity contribution in [2.45, 2.75) is 32.0 Å². The third-order valence-electron chi connectivity index (χ3n) is 3.30. The van der Waals surface area contributed by atoms with Gasteiger partial charge >= 0.3 is 0 Å². The molecule has 2 rings (SSSR count). The maximum Gasteiger partial charge on any atom is 0.225 e. The smallest absolute Gasteiger partial charge is 0.225 e. The number of likely N-dealkylation sites (tertiary alicyclic amines) is 1. The van der Waals surface area contributed by atoms with Crippen LogP contribution in [0.3, 0.4) is 0 Å². The highest BCUT2D eigenvalue weighted by Gasteiger charge is 2.13. The third kappa shape index (κ3) is 5.07. The van der Waals surface area contributed by atoms with Gasteiger partial charge in [-0.1, -0.05) is 23.2 Å². The van der Waals surface area contributed by atoms with Crippen LogP contribution in [-0.4, -0.2) is 46.1 Å². The van der Waals surface area contributed by atoms with Crippen LogP contribution in [0.5, 0.6) is 0 Å². The summed E-state index contributed by atoms with van der Waals surface area (Å²) in [4.78, 5) is 11.3. The van der Waals surface area contributed by atoms with E-state index < -0.39 is 6.29 Å². The largest absolute Gasteiger partial charge is 0.362 e. The molecule has 0 amide bonds. The molecule has 20 heavy (non-hydrogen) atoms. The molecule has 1 aliphatic heterocycles. The number of oxime groups is 1. The zero-order valence-electron chi connectivity index (χ0n) is 11.4. The van der Waals surface area contributed by atoms with Gasteiger partial charge in [-0.25, -0.2) is 0 Å². The van der Waals surface area contributed by atoms with Gasteiger partial charge in [0.1, 0.15) is 0 Å². The summed E-state index contributed by atoms with van der Waals surface area (Å²) in [5.41, 5.74) is 0.664. The molecule has 110 valence electrons. The lowest BCUT2D eigenvalue weighted by Gasteiger charge is -2.26. The highest BCUT2D eigenvalue weighted by molar-refractivity contribution is 6.69. The van der Waals surface area contributed by atoms with Crippen LogP contribution in [0.2, 0.25) is 0 Å². The van der Waals surface area contributed by atoms with Crippen LogP contribution >= 0.6 is 11.6 Å². The van der Waals surface area contributed by atoms with Crippen LogP contribution in [0.1, 0.15) is 31.2 Å². The van der Waals surface area contributed by atoms with Gasteiger partial charge in [-0.05, 0) is 38.1 Å². The van der Waals surface area contributed by atoms with E-state index in [1.54, 1.807) is 24.5 Å². The Morgan fingerprint density at radius 3 is 2.95 bits per heavy atom. The van der Waals surface area contributed by atoms with Crippen LogP contribution < -0.4 is 0 Å².